The van der Waals surface area contributed by atoms with Crippen molar-refractivity contribution in [3.8, 4) is 5.75 Å². The van der Waals surface area contributed by atoms with Crippen molar-refractivity contribution in [2.24, 2.45) is 0 Å². The molecule has 1 rings (SSSR count). The number of hydrogen-bond donors (Lipinski definition) is 2. The lowest BCUT2D eigenvalue weighted by Crippen LogP contribution is -2.00. The molecule has 0 spiro atoms. The Balaban J connectivity index is 2.51. The molecule has 0 aliphatic rings. The molecule has 0 bridgehead atoms. The van der Waals surface area contributed by atoms with Crippen molar-refractivity contribution in [3.63, 3.8) is 0 Å². The Morgan fingerprint density at radius 2 is 1.83 bits per heavy atom. The van der Waals surface area contributed by atoms with Gasteiger partial charge in [0, 0.05) is 17.7 Å². The lowest BCUT2D eigenvalue weighted by molar-refractivity contribution is -0.384. The first-order chi connectivity index (χ1) is 11.4. The fourth-order valence-electron chi connectivity index (χ4n) is 2.37. The van der Waals surface area contributed by atoms with Gasteiger partial charge >= 0.3 is 7.60 Å². The molecule has 1 N–H and O–H groups in total. The Bertz CT molecular complexity index is 582. The van der Waals surface area contributed by atoms with Crippen molar-refractivity contribution in [1.29, 1.82) is 0 Å². The van der Waals surface area contributed by atoms with Gasteiger partial charge in [-0.05, 0) is 31.1 Å². The SMILES string of the molecule is CCc1cc([N+](=O)[O-])ccc1OP(=O)(O)CCCCCCCCS. The van der Waals surface area contributed by atoms with E-state index in [0.29, 0.717) is 18.4 Å². The van der Waals surface area contributed by atoms with Crippen LogP contribution in [0.4, 0.5) is 5.69 Å². The molecule has 1 unspecified atom stereocenters. The molecule has 1 aromatic carbocycles. The van der Waals surface area contributed by atoms with Gasteiger partial charge in [0.15, 0.2) is 0 Å². The second-order valence-corrected chi connectivity index (χ2v) is 8.05. The Hall–Kier alpha value is -1.04. The second-order valence-electron chi connectivity index (χ2n) is 5.70. The van der Waals surface area contributed by atoms with Crippen LogP contribution in [0, 0.1) is 10.1 Å². The molecule has 0 saturated carbocycles. The van der Waals surface area contributed by atoms with Crippen molar-refractivity contribution in [2.45, 2.75) is 51.9 Å². The van der Waals surface area contributed by atoms with E-state index in [1.165, 1.54) is 18.2 Å². The maximum atomic E-state index is 12.2. The highest BCUT2D eigenvalue weighted by atomic mass is 32.1. The molecule has 1 atom stereocenters. The minimum Gasteiger partial charge on any atom is -0.424 e. The second kappa shape index (κ2) is 10.7. The van der Waals surface area contributed by atoms with Gasteiger partial charge in [-0.2, -0.15) is 12.6 Å². The molecule has 6 nitrogen and oxygen atoms in total. The van der Waals surface area contributed by atoms with Crippen molar-refractivity contribution in [2.75, 3.05) is 11.9 Å². The smallest absolute Gasteiger partial charge is 0.376 e. The summed E-state index contributed by atoms with van der Waals surface area (Å²) in [5.74, 6) is 1.15. The predicted octanol–water partition coefficient (Wildman–Crippen LogP) is 4.99. The van der Waals surface area contributed by atoms with Crippen LogP contribution in [0.3, 0.4) is 0 Å². The maximum Gasteiger partial charge on any atom is 0.376 e. The van der Waals surface area contributed by atoms with Crippen molar-refractivity contribution in [1.82, 2.24) is 0 Å². The number of nitro benzene ring substituents is 1. The normalized spacial score (nSPS) is 13.5. The van der Waals surface area contributed by atoms with Gasteiger partial charge in [0.1, 0.15) is 5.75 Å². The number of hydrogen-bond acceptors (Lipinski definition) is 5. The first-order valence-corrected chi connectivity index (χ1v) is 10.7. The van der Waals surface area contributed by atoms with Crippen LogP contribution in [0.1, 0.15) is 51.0 Å². The first-order valence-electron chi connectivity index (χ1n) is 8.29. The fourth-order valence-corrected chi connectivity index (χ4v) is 3.80. The van der Waals surface area contributed by atoms with Gasteiger partial charge in [-0.25, -0.2) is 4.57 Å². The quantitative estimate of drug-likeness (QED) is 0.177. The van der Waals surface area contributed by atoms with E-state index in [1.807, 2.05) is 6.92 Å². The molecule has 8 heteroatoms. The van der Waals surface area contributed by atoms with Crippen molar-refractivity contribution in [3.05, 3.63) is 33.9 Å². The van der Waals surface area contributed by atoms with Gasteiger partial charge in [0.2, 0.25) is 0 Å². The molecule has 0 saturated heterocycles. The number of non-ortho nitro benzene ring substituents is 1. The van der Waals surface area contributed by atoms with Crippen LogP contribution in [-0.4, -0.2) is 21.7 Å². The molecule has 0 fully saturated rings. The first kappa shape index (κ1) is 21.0. The molecule has 0 radical (unpaired) electrons. The van der Waals surface area contributed by atoms with E-state index in [2.05, 4.69) is 12.6 Å². The van der Waals surface area contributed by atoms with Gasteiger partial charge in [0.05, 0.1) is 11.1 Å². The summed E-state index contributed by atoms with van der Waals surface area (Å²) in [7, 11) is -3.74. The number of unbranched alkanes of at least 4 members (excludes halogenated alkanes) is 5. The molecular weight excluding hydrogens is 349 g/mol. The summed E-state index contributed by atoms with van der Waals surface area (Å²) in [6.07, 6.45) is 6.49. The van der Waals surface area contributed by atoms with Gasteiger partial charge < -0.3 is 9.42 Å². The molecule has 0 amide bonds. The van der Waals surface area contributed by atoms with Crippen LogP contribution in [0.25, 0.3) is 0 Å². The van der Waals surface area contributed by atoms with E-state index >= 15 is 0 Å². The summed E-state index contributed by atoms with van der Waals surface area (Å²) in [4.78, 5) is 20.3. The number of aryl methyl sites for hydroxylation is 1. The summed E-state index contributed by atoms with van der Waals surface area (Å²) in [5.41, 5.74) is 0.512. The largest absolute Gasteiger partial charge is 0.424 e. The average molecular weight is 375 g/mol. The summed E-state index contributed by atoms with van der Waals surface area (Å²) in [6, 6.07) is 4.07. The summed E-state index contributed by atoms with van der Waals surface area (Å²) in [5, 5.41) is 10.8. The van der Waals surface area contributed by atoms with Gasteiger partial charge in [0.25, 0.3) is 5.69 Å². The Morgan fingerprint density at radius 1 is 1.21 bits per heavy atom. The molecule has 0 heterocycles. The standard InChI is InChI=1S/C16H26NO5PS/c1-2-14-13-15(17(18)19)9-10-16(14)22-23(20,21)11-7-5-3-4-6-8-12-24/h9-10,13,24H,2-8,11-12H2,1H3,(H,20,21). The third kappa shape index (κ3) is 7.69. The van der Waals surface area contributed by atoms with E-state index in [-0.39, 0.29) is 17.6 Å². The van der Waals surface area contributed by atoms with Gasteiger partial charge in [-0.3, -0.25) is 10.1 Å². The molecule has 136 valence electrons. The van der Waals surface area contributed by atoms with Gasteiger partial charge in [-0.15, -0.1) is 0 Å². The zero-order valence-corrected chi connectivity index (χ0v) is 15.8. The van der Waals surface area contributed by atoms with Crippen LogP contribution in [0.5, 0.6) is 5.75 Å². The highest BCUT2D eigenvalue weighted by Gasteiger charge is 2.22. The Kier molecular flexibility index (Phi) is 9.41. The summed E-state index contributed by atoms with van der Waals surface area (Å²) in [6.45, 7) is 1.82. The molecule has 0 aliphatic carbocycles. The third-order valence-corrected chi connectivity index (χ3v) is 5.41. The number of benzene rings is 1. The van der Waals surface area contributed by atoms with E-state index in [1.54, 1.807) is 0 Å². The van der Waals surface area contributed by atoms with Crippen molar-refractivity contribution >= 4 is 25.9 Å². The lowest BCUT2D eigenvalue weighted by Gasteiger charge is -2.15. The summed E-state index contributed by atoms with van der Waals surface area (Å²) < 4.78 is 17.5. The topological polar surface area (TPSA) is 89.7 Å². The van der Waals surface area contributed by atoms with E-state index in [4.69, 9.17) is 4.52 Å². The lowest BCUT2D eigenvalue weighted by atomic mass is 10.1. The highest BCUT2D eigenvalue weighted by Crippen LogP contribution is 2.45. The van der Waals surface area contributed by atoms with E-state index in [0.717, 1.165) is 37.9 Å². The predicted molar refractivity (Wildman–Crippen MR) is 99.3 cm³/mol. The fraction of sp³-hybridized carbons (Fsp3) is 0.625. The third-order valence-electron chi connectivity index (χ3n) is 3.73. The summed E-state index contributed by atoms with van der Waals surface area (Å²) >= 11 is 4.16. The maximum absolute atomic E-state index is 12.2. The Labute approximate surface area is 148 Å². The van der Waals surface area contributed by atoms with Crippen LogP contribution < -0.4 is 4.52 Å². The number of nitro groups is 1. The average Bonchev–Trinajstić information content (AvgIpc) is 2.53. The minimum atomic E-state index is -3.74. The zero-order chi connectivity index (χ0) is 18.0. The molecule has 24 heavy (non-hydrogen) atoms. The van der Waals surface area contributed by atoms with Crippen LogP contribution >= 0.6 is 20.2 Å². The monoisotopic (exact) mass is 375 g/mol. The minimum absolute atomic E-state index is 0.0480. The molecule has 1 aromatic rings. The molecule has 0 aromatic heterocycles. The number of nitrogens with zero attached hydrogens (tertiary/aromatic N) is 1. The Morgan fingerprint density at radius 3 is 2.42 bits per heavy atom. The van der Waals surface area contributed by atoms with Crippen molar-refractivity contribution < 1.29 is 18.9 Å². The van der Waals surface area contributed by atoms with Gasteiger partial charge in [-0.1, -0.05) is 32.6 Å². The highest BCUT2D eigenvalue weighted by molar-refractivity contribution is 7.80. The van der Waals surface area contributed by atoms with Crippen LogP contribution in [0.15, 0.2) is 18.2 Å². The van der Waals surface area contributed by atoms with Crippen LogP contribution in [-0.2, 0) is 11.0 Å². The van der Waals surface area contributed by atoms with E-state index < -0.39 is 12.5 Å². The number of rotatable bonds is 12. The molecular formula is C16H26NO5PS. The van der Waals surface area contributed by atoms with Crippen LogP contribution in [0.2, 0.25) is 0 Å². The van der Waals surface area contributed by atoms with E-state index in [9.17, 15) is 19.6 Å². The number of thiol groups is 1. The zero-order valence-electron chi connectivity index (χ0n) is 14.0. The molecule has 0 aliphatic heterocycles.